The quantitative estimate of drug-likeness (QED) is 0.554. The fourth-order valence-electron chi connectivity index (χ4n) is 2.88. The first-order valence-corrected chi connectivity index (χ1v) is 9.02. The lowest BCUT2D eigenvalue weighted by molar-refractivity contribution is -0.291. The van der Waals surface area contributed by atoms with Crippen molar-refractivity contribution in [3.63, 3.8) is 0 Å². The second kappa shape index (κ2) is 7.49. The standard InChI is InChI=1S/C17H16ClF5N6O/c1-4-28-12(10(18)7-24-28)8-27(3)15(30)11-6-14-25-9(2)5-13(29(14)26-11)16(19,20)17(21,22)23/h5-7H,4,8H2,1-3H3. The summed E-state index contributed by atoms with van der Waals surface area (Å²) in [5, 5.41) is 8.06. The summed E-state index contributed by atoms with van der Waals surface area (Å²) in [6.07, 6.45) is -4.42. The molecule has 0 fully saturated rings. The van der Waals surface area contributed by atoms with Crippen molar-refractivity contribution in [1.29, 1.82) is 0 Å². The van der Waals surface area contributed by atoms with Gasteiger partial charge in [-0.15, -0.1) is 0 Å². The van der Waals surface area contributed by atoms with Crippen LogP contribution < -0.4 is 0 Å². The van der Waals surface area contributed by atoms with Crippen molar-refractivity contribution in [3.05, 3.63) is 46.1 Å². The number of aromatic nitrogens is 5. The average molecular weight is 451 g/mol. The number of fused-ring (bicyclic) bond motifs is 1. The van der Waals surface area contributed by atoms with Gasteiger partial charge < -0.3 is 4.90 Å². The first kappa shape index (κ1) is 21.9. The second-order valence-corrected chi connectivity index (χ2v) is 6.98. The molecule has 0 bridgehead atoms. The lowest BCUT2D eigenvalue weighted by Crippen LogP contribution is -2.36. The summed E-state index contributed by atoms with van der Waals surface area (Å²) in [5.41, 5.74) is -1.61. The highest BCUT2D eigenvalue weighted by Crippen LogP contribution is 2.43. The molecule has 162 valence electrons. The SMILES string of the molecule is CCn1ncc(Cl)c1CN(C)C(=O)c1cc2nc(C)cc(C(F)(F)C(F)(F)F)n2n1. The van der Waals surface area contributed by atoms with Crippen LogP contribution in [0.5, 0.6) is 0 Å². The molecule has 0 aliphatic heterocycles. The van der Waals surface area contributed by atoms with Crippen LogP contribution in [0.25, 0.3) is 5.65 Å². The van der Waals surface area contributed by atoms with E-state index in [0.717, 1.165) is 6.07 Å². The largest absolute Gasteiger partial charge is 0.459 e. The van der Waals surface area contributed by atoms with Gasteiger partial charge in [0, 0.05) is 25.4 Å². The molecule has 30 heavy (non-hydrogen) atoms. The van der Waals surface area contributed by atoms with Crippen molar-refractivity contribution in [2.75, 3.05) is 7.05 Å². The Balaban J connectivity index is 2.00. The van der Waals surface area contributed by atoms with Crippen LogP contribution in [0.4, 0.5) is 22.0 Å². The number of amides is 1. The molecule has 0 N–H and O–H groups in total. The number of alkyl halides is 5. The van der Waals surface area contributed by atoms with E-state index in [1.807, 2.05) is 6.92 Å². The Morgan fingerprint density at radius 2 is 1.90 bits per heavy atom. The minimum absolute atomic E-state index is 0.0252. The van der Waals surface area contributed by atoms with Crippen molar-refractivity contribution in [3.8, 4) is 0 Å². The number of hydrogen-bond acceptors (Lipinski definition) is 4. The lowest BCUT2D eigenvalue weighted by atomic mass is 10.2. The Bertz CT molecular complexity index is 1110. The van der Waals surface area contributed by atoms with Gasteiger partial charge in [-0.3, -0.25) is 9.48 Å². The summed E-state index contributed by atoms with van der Waals surface area (Å²) < 4.78 is 68.5. The third-order valence-electron chi connectivity index (χ3n) is 4.38. The Morgan fingerprint density at radius 3 is 2.50 bits per heavy atom. The number of halogens is 6. The molecule has 13 heteroatoms. The monoisotopic (exact) mass is 450 g/mol. The van der Waals surface area contributed by atoms with E-state index in [9.17, 15) is 26.7 Å². The third kappa shape index (κ3) is 3.71. The molecule has 0 radical (unpaired) electrons. The summed E-state index contributed by atoms with van der Waals surface area (Å²) >= 11 is 6.07. The number of nitrogens with zero attached hydrogens (tertiary/aromatic N) is 6. The van der Waals surface area contributed by atoms with Crippen LogP contribution >= 0.6 is 11.6 Å². The van der Waals surface area contributed by atoms with E-state index in [1.54, 1.807) is 4.68 Å². The van der Waals surface area contributed by atoms with E-state index in [1.165, 1.54) is 25.1 Å². The maximum atomic E-state index is 14.0. The summed E-state index contributed by atoms with van der Waals surface area (Å²) in [5.74, 6) is -5.89. The van der Waals surface area contributed by atoms with Crippen molar-refractivity contribution >= 4 is 23.2 Å². The number of aryl methyl sites for hydroxylation is 2. The van der Waals surface area contributed by atoms with Gasteiger partial charge >= 0.3 is 12.1 Å². The van der Waals surface area contributed by atoms with Crippen molar-refractivity contribution < 1.29 is 26.7 Å². The van der Waals surface area contributed by atoms with Crippen LogP contribution in [0.2, 0.25) is 5.02 Å². The van der Waals surface area contributed by atoms with Crippen LogP contribution in [-0.4, -0.2) is 48.4 Å². The van der Waals surface area contributed by atoms with Crippen molar-refractivity contribution in [2.45, 2.75) is 39.0 Å². The normalized spacial score (nSPS) is 12.6. The Morgan fingerprint density at radius 1 is 1.23 bits per heavy atom. The molecule has 0 atom stereocenters. The second-order valence-electron chi connectivity index (χ2n) is 6.57. The van der Waals surface area contributed by atoms with Gasteiger partial charge in [-0.25, -0.2) is 9.50 Å². The number of rotatable bonds is 5. The van der Waals surface area contributed by atoms with Gasteiger partial charge in [0.05, 0.1) is 23.5 Å². The molecular formula is C17H16ClF5N6O. The molecule has 7 nitrogen and oxygen atoms in total. The van der Waals surface area contributed by atoms with Crippen LogP contribution in [0.15, 0.2) is 18.3 Å². The fraction of sp³-hybridized carbons (Fsp3) is 0.412. The molecule has 0 saturated heterocycles. The molecule has 3 aromatic rings. The van der Waals surface area contributed by atoms with Gasteiger partial charge in [0.2, 0.25) is 0 Å². The predicted molar refractivity (Wildman–Crippen MR) is 96.4 cm³/mol. The molecule has 0 saturated carbocycles. The zero-order valence-electron chi connectivity index (χ0n) is 16.0. The molecule has 3 aromatic heterocycles. The Labute approximate surface area is 172 Å². The molecule has 0 aliphatic rings. The van der Waals surface area contributed by atoms with Gasteiger partial charge in [-0.05, 0) is 19.9 Å². The van der Waals surface area contributed by atoms with Gasteiger partial charge in [0.25, 0.3) is 5.91 Å². The first-order chi connectivity index (χ1) is 13.9. The average Bonchev–Trinajstić information content (AvgIpc) is 3.23. The number of carbonyl (C=O) groups excluding carboxylic acids is 1. The molecule has 0 spiro atoms. The summed E-state index contributed by atoms with van der Waals surface area (Å²) in [6.45, 7) is 3.62. The summed E-state index contributed by atoms with van der Waals surface area (Å²) in [4.78, 5) is 17.8. The molecular weight excluding hydrogens is 435 g/mol. The van der Waals surface area contributed by atoms with Crippen LogP contribution in [0.3, 0.4) is 0 Å². The summed E-state index contributed by atoms with van der Waals surface area (Å²) in [7, 11) is 1.42. The van der Waals surface area contributed by atoms with E-state index in [4.69, 9.17) is 11.6 Å². The highest BCUT2D eigenvalue weighted by molar-refractivity contribution is 6.31. The minimum atomic E-state index is -5.84. The van der Waals surface area contributed by atoms with Crippen LogP contribution in [0.1, 0.15) is 34.5 Å². The van der Waals surface area contributed by atoms with E-state index in [0.29, 0.717) is 27.8 Å². The van der Waals surface area contributed by atoms with Crippen LogP contribution in [0, 0.1) is 6.92 Å². The van der Waals surface area contributed by atoms with Crippen molar-refractivity contribution in [2.24, 2.45) is 0 Å². The highest BCUT2D eigenvalue weighted by atomic mass is 35.5. The van der Waals surface area contributed by atoms with Gasteiger partial charge in [0.1, 0.15) is 5.69 Å². The zero-order chi connectivity index (χ0) is 22.4. The predicted octanol–water partition coefficient (Wildman–Crippen LogP) is 3.83. The topological polar surface area (TPSA) is 68.3 Å². The van der Waals surface area contributed by atoms with E-state index in [-0.39, 0.29) is 23.6 Å². The fourth-order valence-corrected chi connectivity index (χ4v) is 3.08. The minimum Gasteiger partial charge on any atom is -0.334 e. The highest BCUT2D eigenvalue weighted by Gasteiger charge is 2.60. The molecule has 3 rings (SSSR count). The molecule has 0 aromatic carbocycles. The van der Waals surface area contributed by atoms with Gasteiger partial charge in [-0.1, -0.05) is 11.6 Å². The summed E-state index contributed by atoms with van der Waals surface area (Å²) in [6, 6.07) is 1.64. The van der Waals surface area contributed by atoms with E-state index in [2.05, 4.69) is 15.2 Å². The van der Waals surface area contributed by atoms with E-state index < -0.39 is 23.7 Å². The van der Waals surface area contributed by atoms with Gasteiger partial charge in [0.15, 0.2) is 11.3 Å². The Hall–Kier alpha value is -2.76. The molecule has 1 amide bonds. The maximum Gasteiger partial charge on any atom is 0.459 e. The molecule has 3 heterocycles. The van der Waals surface area contributed by atoms with Gasteiger partial charge in [-0.2, -0.15) is 32.1 Å². The van der Waals surface area contributed by atoms with Crippen molar-refractivity contribution in [1.82, 2.24) is 29.3 Å². The smallest absolute Gasteiger partial charge is 0.334 e. The Kier molecular flexibility index (Phi) is 5.48. The lowest BCUT2D eigenvalue weighted by Gasteiger charge is -2.20. The first-order valence-electron chi connectivity index (χ1n) is 8.65. The zero-order valence-corrected chi connectivity index (χ0v) is 16.8. The third-order valence-corrected chi connectivity index (χ3v) is 4.70. The molecule has 0 unspecified atom stereocenters. The maximum absolute atomic E-state index is 14.0. The van der Waals surface area contributed by atoms with Crippen LogP contribution in [-0.2, 0) is 19.0 Å². The molecule has 0 aliphatic carbocycles. The number of carbonyl (C=O) groups is 1. The van der Waals surface area contributed by atoms with E-state index >= 15 is 0 Å². The number of hydrogen-bond donors (Lipinski definition) is 0.